The van der Waals surface area contributed by atoms with Gasteiger partial charge in [0.1, 0.15) is 0 Å². The molecule has 1 aliphatic heterocycles. The molecule has 1 aromatic heterocycles. The lowest BCUT2D eigenvalue weighted by molar-refractivity contribution is -0.0226. The van der Waals surface area contributed by atoms with Crippen LogP contribution in [0, 0.1) is 0 Å². The average Bonchev–Trinajstić information content (AvgIpc) is 3.04. The minimum absolute atomic E-state index is 0.00460. The maximum atomic E-state index is 12.6. The van der Waals surface area contributed by atoms with E-state index in [1.165, 1.54) is 0 Å². The molecule has 6 heteroatoms. The first-order chi connectivity index (χ1) is 10.7. The first-order valence-electron chi connectivity index (χ1n) is 7.39. The van der Waals surface area contributed by atoms with Crippen LogP contribution in [-0.4, -0.2) is 46.4 Å². The molecule has 1 amide bonds. The van der Waals surface area contributed by atoms with E-state index in [1.807, 2.05) is 23.1 Å². The van der Waals surface area contributed by atoms with Crippen LogP contribution >= 0.6 is 11.6 Å². The van der Waals surface area contributed by atoms with Crippen molar-refractivity contribution in [1.29, 1.82) is 0 Å². The van der Waals surface area contributed by atoms with E-state index in [9.17, 15) is 4.79 Å². The Hall–Kier alpha value is -1.85. The molecule has 2 heterocycles. The minimum Gasteiger partial charge on any atom is -0.375 e. The molecule has 0 radical (unpaired) electrons. The number of morpholine rings is 1. The van der Waals surface area contributed by atoms with Gasteiger partial charge < -0.3 is 9.64 Å². The third-order valence-electron chi connectivity index (χ3n) is 3.78. The topological polar surface area (TPSA) is 47.4 Å². The number of aromatic nitrogens is 2. The van der Waals surface area contributed by atoms with Crippen LogP contribution in [0.25, 0.3) is 5.69 Å². The molecular formula is C16H18ClN3O2. The smallest absolute Gasteiger partial charge is 0.257 e. The van der Waals surface area contributed by atoms with Crippen LogP contribution in [0.5, 0.6) is 0 Å². The zero-order chi connectivity index (χ0) is 15.5. The van der Waals surface area contributed by atoms with Gasteiger partial charge in [-0.2, -0.15) is 5.10 Å². The number of amides is 1. The summed E-state index contributed by atoms with van der Waals surface area (Å²) in [6, 6.07) is 7.37. The summed E-state index contributed by atoms with van der Waals surface area (Å²) in [5.74, 6) is -0.00460. The van der Waals surface area contributed by atoms with E-state index in [-0.39, 0.29) is 12.0 Å². The molecule has 1 saturated heterocycles. The van der Waals surface area contributed by atoms with Crippen molar-refractivity contribution in [2.45, 2.75) is 19.4 Å². The summed E-state index contributed by atoms with van der Waals surface area (Å²) in [5.41, 5.74) is 1.41. The fourth-order valence-corrected chi connectivity index (χ4v) is 2.71. The third kappa shape index (κ3) is 3.15. The maximum Gasteiger partial charge on any atom is 0.257 e. The molecule has 0 saturated carbocycles. The fourth-order valence-electron chi connectivity index (χ4n) is 2.53. The lowest BCUT2D eigenvalue weighted by Crippen LogP contribution is -2.45. The van der Waals surface area contributed by atoms with Crippen LogP contribution in [0.1, 0.15) is 23.7 Å². The zero-order valence-electron chi connectivity index (χ0n) is 12.4. The molecule has 1 aliphatic rings. The molecule has 1 aromatic carbocycles. The van der Waals surface area contributed by atoms with Crippen molar-refractivity contribution in [3.63, 3.8) is 0 Å². The van der Waals surface area contributed by atoms with Crippen molar-refractivity contribution < 1.29 is 9.53 Å². The Morgan fingerprint density at radius 2 is 2.36 bits per heavy atom. The van der Waals surface area contributed by atoms with Gasteiger partial charge >= 0.3 is 0 Å². The normalized spacial score (nSPS) is 18.5. The second-order valence-corrected chi connectivity index (χ2v) is 5.74. The Labute approximate surface area is 134 Å². The molecule has 1 atom stereocenters. The summed E-state index contributed by atoms with van der Waals surface area (Å²) in [4.78, 5) is 14.4. The number of carbonyl (C=O) groups excluding carboxylic acids is 1. The predicted octanol–water partition coefficient (Wildman–Crippen LogP) is 2.78. The summed E-state index contributed by atoms with van der Waals surface area (Å²) in [6.45, 7) is 3.91. The highest BCUT2D eigenvalue weighted by Crippen LogP contribution is 2.16. The van der Waals surface area contributed by atoms with E-state index >= 15 is 0 Å². The number of rotatable bonds is 3. The van der Waals surface area contributed by atoms with Crippen molar-refractivity contribution in [2.24, 2.45) is 0 Å². The quantitative estimate of drug-likeness (QED) is 0.874. The van der Waals surface area contributed by atoms with E-state index in [2.05, 4.69) is 12.0 Å². The number of hydrogen-bond acceptors (Lipinski definition) is 3. The van der Waals surface area contributed by atoms with Gasteiger partial charge in [0, 0.05) is 24.3 Å². The van der Waals surface area contributed by atoms with Crippen molar-refractivity contribution in [1.82, 2.24) is 14.7 Å². The summed E-state index contributed by atoms with van der Waals surface area (Å²) in [6.07, 6.45) is 4.37. The first kappa shape index (κ1) is 15.1. The van der Waals surface area contributed by atoms with Crippen LogP contribution in [0.4, 0.5) is 0 Å². The zero-order valence-corrected chi connectivity index (χ0v) is 13.2. The number of benzene rings is 1. The second-order valence-electron chi connectivity index (χ2n) is 5.31. The van der Waals surface area contributed by atoms with Crippen molar-refractivity contribution in [3.05, 3.63) is 47.2 Å². The molecule has 2 aromatic rings. The van der Waals surface area contributed by atoms with Gasteiger partial charge in [-0.15, -0.1) is 0 Å². The highest BCUT2D eigenvalue weighted by atomic mass is 35.5. The number of carbonyl (C=O) groups is 1. The standard InChI is InChI=1S/C16H18ClN3O2/c1-2-15-11-19(6-7-22-15)16(21)12-9-18-20(10-12)14-5-3-4-13(17)8-14/h3-5,8-10,15H,2,6-7,11H2,1H3. The van der Waals surface area contributed by atoms with Crippen LogP contribution < -0.4 is 0 Å². The van der Waals surface area contributed by atoms with Gasteiger partial charge in [-0.3, -0.25) is 4.79 Å². The van der Waals surface area contributed by atoms with Crippen molar-refractivity contribution in [3.8, 4) is 5.69 Å². The number of ether oxygens (including phenoxy) is 1. The van der Waals surface area contributed by atoms with Crippen molar-refractivity contribution >= 4 is 17.5 Å². The lowest BCUT2D eigenvalue weighted by atomic mass is 10.2. The molecule has 0 N–H and O–H groups in total. The summed E-state index contributed by atoms with van der Waals surface area (Å²) < 4.78 is 7.27. The molecule has 5 nitrogen and oxygen atoms in total. The molecule has 22 heavy (non-hydrogen) atoms. The highest BCUT2D eigenvalue weighted by molar-refractivity contribution is 6.30. The molecule has 0 bridgehead atoms. The highest BCUT2D eigenvalue weighted by Gasteiger charge is 2.24. The predicted molar refractivity (Wildman–Crippen MR) is 84.5 cm³/mol. The number of nitrogens with zero attached hydrogens (tertiary/aromatic N) is 3. The van der Waals surface area contributed by atoms with Gasteiger partial charge in [-0.05, 0) is 24.6 Å². The van der Waals surface area contributed by atoms with Gasteiger partial charge in [-0.1, -0.05) is 24.6 Å². The van der Waals surface area contributed by atoms with E-state index < -0.39 is 0 Å². The minimum atomic E-state index is -0.00460. The third-order valence-corrected chi connectivity index (χ3v) is 4.02. The van der Waals surface area contributed by atoms with E-state index in [1.54, 1.807) is 23.1 Å². The van der Waals surface area contributed by atoms with E-state index in [0.29, 0.717) is 30.3 Å². The molecule has 0 spiro atoms. The van der Waals surface area contributed by atoms with Crippen molar-refractivity contribution in [2.75, 3.05) is 19.7 Å². The van der Waals surface area contributed by atoms with Gasteiger partial charge in [0.25, 0.3) is 5.91 Å². The number of halogens is 1. The molecule has 1 fully saturated rings. The van der Waals surface area contributed by atoms with Gasteiger partial charge in [0.15, 0.2) is 0 Å². The van der Waals surface area contributed by atoms with Gasteiger partial charge in [-0.25, -0.2) is 4.68 Å². The maximum absolute atomic E-state index is 12.6. The summed E-state index contributed by atoms with van der Waals surface area (Å²) >= 11 is 5.99. The Morgan fingerprint density at radius 1 is 1.50 bits per heavy atom. The van der Waals surface area contributed by atoms with Gasteiger partial charge in [0.05, 0.1) is 30.2 Å². The Bertz CT molecular complexity index is 671. The van der Waals surface area contributed by atoms with Crippen LogP contribution in [-0.2, 0) is 4.74 Å². The Morgan fingerprint density at radius 3 is 3.14 bits per heavy atom. The second kappa shape index (κ2) is 6.50. The SMILES string of the molecule is CCC1CN(C(=O)c2cnn(-c3cccc(Cl)c3)c2)CCO1. The lowest BCUT2D eigenvalue weighted by Gasteiger charge is -2.32. The number of hydrogen-bond donors (Lipinski definition) is 0. The molecular weight excluding hydrogens is 302 g/mol. The monoisotopic (exact) mass is 319 g/mol. The Kier molecular flexibility index (Phi) is 4.45. The van der Waals surface area contributed by atoms with Crippen LogP contribution in [0.2, 0.25) is 5.02 Å². The summed E-state index contributed by atoms with van der Waals surface area (Å²) in [5, 5.41) is 4.90. The molecule has 116 valence electrons. The fraction of sp³-hybridized carbons (Fsp3) is 0.375. The van der Waals surface area contributed by atoms with Crippen LogP contribution in [0.15, 0.2) is 36.7 Å². The van der Waals surface area contributed by atoms with E-state index in [0.717, 1.165) is 12.1 Å². The molecule has 3 rings (SSSR count). The average molecular weight is 320 g/mol. The Balaban J connectivity index is 1.77. The van der Waals surface area contributed by atoms with Crippen LogP contribution in [0.3, 0.4) is 0 Å². The first-order valence-corrected chi connectivity index (χ1v) is 7.76. The van der Waals surface area contributed by atoms with Gasteiger partial charge in [0.2, 0.25) is 0 Å². The summed E-state index contributed by atoms with van der Waals surface area (Å²) in [7, 11) is 0. The molecule has 0 aliphatic carbocycles. The molecule has 1 unspecified atom stereocenters. The van der Waals surface area contributed by atoms with E-state index in [4.69, 9.17) is 16.3 Å². The largest absolute Gasteiger partial charge is 0.375 e.